The van der Waals surface area contributed by atoms with Crippen LogP contribution in [-0.2, 0) is 6.54 Å². The summed E-state index contributed by atoms with van der Waals surface area (Å²) in [6, 6.07) is 9.71. The first-order valence-electron chi connectivity index (χ1n) is 5.27. The van der Waals surface area contributed by atoms with Gasteiger partial charge in [-0.15, -0.1) is 5.10 Å². The van der Waals surface area contributed by atoms with Crippen molar-refractivity contribution in [1.29, 1.82) is 0 Å². The summed E-state index contributed by atoms with van der Waals surface area (Å²) in [4.78, 5) is 0.305. The second-order valence-corrected chi connectivity index (χ2v) is 4.90. The van der Waals surface area contributed by atoms with Crippen molar-refractivity contribution in [2.75, 3.05) is 5.32 Å². The lowest BCUT2D eigenvalue weighted by molar-refractivity contribution is 0.995. The van der Waals surface area contributed by atoms with Gasteiger partial charge in [0.15, 0.2) is 5.82 Å². The Balaban J connectivity index is 2.16. The third kappa shape index (κ3) is 3.02. The average Bonchev–Trinajstić information content (AvgIpc) is 2.38. The molecule has 2 aromatic rings. The van der Waals surface area contributed by atoms with Crippen LogP contribution in [0.2, 0.25) is 0 Å². The van der Waals surface area contributed by atoms with Crippen LogP contribution < -0.4 is 11.1 Å². The summed E-state index contributed by atoms with van der Waals surface area (Å²) in [7, 11) is 0. The molecule has 92 valence electrons. The van der Waals surface area contributed by atoms with E-state index in [4.69, 9.17) is 18.0 Å². The van der Waals surface area contributed by atoms with Crippen molar-refractivity contribution in [3.05, 3.63) is 52.1 Å². The molecule has 2 rings (SSSR count). The van der Waals surface area contributed by atoms with E-state index in [0.717, 1.165) is 10.0 Å². The van der Waals surface area contributed by atoms with Gasteiger partial charge >= 0.3 is 0 Å². The van der Waals surface area contributed by atoms with Gasteiger partial charge in [-0.3, -0.25) is 0 Å². The van der Waals surface area contributed by atoms with Crippen molar-refractivity contribution >= 4 is 39.0 Å². The second kappa shape index (κ2) is 5.88. The summed E-state index contributed by atoms with van der Waals surface area (Å²) in [6.07, 6.45) is 1.57. The molecule has 0 unspecified atom stereocenters. The first-order chi connectivity index (χ1) is 8.68. The highest BCUT2D eigenvalue weighted by molar-refractivity contribution is 9.10. The van der Waals surface area contributed by atoms with E-state index in [1.165, 1.54) is 0 Å². The predicted octanol–water partition coefficient (Wildman–Crippen LogP) is 2.49. The minimum atomic E-state index is 0.305. The first-order valence-corrected chi connectivity index (χ1v) is 6.47. The van der Waals surface area contributed by atoms with Crippen molar-refractivity contribution in [3.8, 4) is 0 Å². The maximum absolute atomic E-state index is 5.63. The van der Waals surface area contributed by atoms with E-state index in [1.807, 2.05) is 24.3 Å². The lowest BCUT2D eigenvalue weighted by Gasteiger charge is -2.09. The zero-order valence-corrected chi connectivity index (χ0v) is 11.8. The average molecular weight is 323 g/mol. The number of hydrogen-bond acceptors (Lipinski definition) is 4. The number of hydrogen-bond donors (Lipinski definition) is 2. The monoisotopic (exact) mass is 322 g/mol. The van der Waals surface area contributed by atoms with Crippen molar-refractivity contribution in [2.45, 2.75) is 6.54 Å². The van der Waals surface area contributed by atoms with Crippen molar-refractivity contribution < 1.29 is 0 Å². The molecule has 0 spiro atoms. The van der Waals surface area contributed by atoms with Crippen molar-refractivity contribution in [2.24, 2.45) is 5.73 Å². The molecule has 4 nitrogen and oxygen atoms in total. The molecule has 0 saturated heterocycles. The summed E-state index contributed by atoms with van der Waals surface area (Å²) >= 11 is 8.46. The Bertz CT molecular complexity index is 574. The minimum Gasteiger partial charge on any atom is -0.389 e. The number of nitrogens with two attached hydrogens (primary N) is 1. The molecule has 18 heavy (non-hydrogen) atoms. The predicted molar refractivity (Wildman–Crippen MR) is 79.4 cm³/mol. The second-order valence-electron chi connectivity index (χ2n) is 3.60. The van der Waals surface area contributed by atoms with Gasteiger partial charge in [0.25, 0.3) is 0 Å². The highest BCUT2D eigenvalue weighted by atomic mass is 79.9. The maximum atomic E-state index is 5.63. The van der Waals surface area contributed by atoms with Crippen LogP contribution in [-0.4, -0.2) is 15.2 Å². The summed E-state index contributed by atoms with van der Waals surface area (Å²) in [5.41, 5.74) is 7.45. The molecule has 0 aliphatic rings. The molecule has 1 aromatic heterocycles. The van der Waals surface area contributed by atoms with Crippen LogP contribution in [0, 0.1) is 0 Å². The lowest BCUT2D eigenvalue weighted by atomic mass is 10.2. The standard InChI is InChI=1S/C12H11BrN4S/c13-10-4-2-1-3-8(10)7-15-12-9(11(14)18)5-6-16-17-12/h1-6H,7H2,(H2,14,18)(H,15,17). The van der Waals surface area contributed by atoms with E-state index in [-0.39, 0.29) is 0 Å². The van der Waals surface area contributed by atoms with Crippen LogP contribution in [0.4, 0.5) is 5.82 Å². The molecule has 0 amide bonds. The van der Waals surface area contributed by atoms with Crippen LogP contribution in [0.3, 0.4) is 0 Å². The van der Waals surface area contributed by atoms with E-state index in [1.54, 1.807) is 12.3 Å². The van der Waals surface area contributed by atoms with Gasteiger partial charge in [0.05, 0.1) is 11.8 Å². The van der Waals surface area contributed by atoms with Crippen LogP contribution in [0.15, 0.2) is 41.0 Å². The van der Waals surface area contributed by atoms with E-state index in [0.29, 0.717) is 22.9 Å². The molecule has 1 heterocycles. The van der Waals surface area contributed by atoms with Gasteiger partial charge in [-0.2, -0.15) is 5.10 Å². The molecular weight excluding hydrogens is 312 g/mol. The molecule has 1 aromatic carbocycles. The van der Waals surface area contributed by atoms with E-state index >= 15 is 0 Å². The normalized spacial score (nSPS) is 10.1. The number of nitrogens with zero attached hydrogens (tertiary/aromatic N) is 2. The fourth-order valence-electron chi connectivity index (χ4n) is 1.48. The van der Waals surface area contributed by atoms with Crippen molar-refractivity contribution in [1.82, 2.24) is 10.2 Å². The highest BCUT2D eigenvalue weighted by Gasteiger charge is 2.07. The number of anilines is 1. The maximum Gasteiger partial charge on any atom is 0.159 e. The Morgan fingerprint density at radius 2 is 2.11 bits per heavy atom. The Kier molecular flexibility index (Phi) is 4.22. The molecular formula is C12H11BrN4S. The van der Waals surface area contributed by atoms with Gasteiger partial charge in [0.1, 0.15) is 4.99 Å². The molecule has 0 radical (unpaired) electrons. The Morgan fingerprint density at radius 3 is 2.83 bits per heavy atom. The fourth-order valence-corrected chi connectivity index (χ4v) is 2.07. The topological polar surface area (TPSA) is 63.8 Å². The number of aromatic nitrogens is 2. The largest absolute Gasteiger partial charge is 0.389 e. The SMILES string of the molecule is NC(=S)c1ccnnc1NCc1ccccc1Br. The summed E-state index contributed by atoms with van der Waals surface area (Å²) in [6.45, 7) is 0.621. The smallest absolute Gasteiger partial charge is 0.159 e. The molecule has 0 bridgehead atoms. The fraction of sp³-hybridized carbons (Fsp3) is 0.0833. The van der Waals surface area contributed by atoms with E-state index in [9.17, 15) is 0 Å². The van der Waals surface area contributed by atoms with E-state index in [2.05, 4.69) is 31.4 Å². The van der Waals surface area contributed by atoms with Crippen LogP contribution >= 0.6 is 28.1 Å². The highest BCUT2D eigenvalue weighted by Crippen LogP contribution is 2.18. The number of rotatable bonds is 4. The Morgan fingerprint density at radius 1 is 1.33 bits per heavy atom. The minimum absolute atomic E-state index is 0.305. The van der Waals surface area contributed by atoms with Crippen LogP contribution in [0.25, 0.3) is 0 Å². The summed E-state index contributed by atoms with van der Waals surface area (Å²) < 4.78 is 1.04. The van der Waals surface area contributed by atoms with Gasteiger partial charge in [0, 0.05) is 11.0 Å². The quantitative estimate of drug-likeness (QED) is 0.847. The number of nitrogens with one attached hydrogen (secondary N) is 1. The third-order valence-corrected chi connectivity index (χ3v) is 3.38. The van der Waals surface area contributed by atoms with Gasteiger partial charge in [0.2, 0.25) is 0 Å². The van der Waals surface area contributed by atoms with Gasteiger partial charge < -0.3 is 11.1 Å². The first kappa shape index (κ1) is 12.9. The number of benzene rings is 1. The van der Waals surface area contributed by atoms with Gasteiger partial charge in [-0.25, -0.2) is 0 Å². The molecule has 6 heteroatoms. The Labute approximate surface area is 119 Å². The van der Waals surface area contributed by atoms with E-state index < -0.39 is 0 Å². The van der Waals surface area contributed by atoms with Gasteiger partial charge in [-0.05, 0) is 17.7 Å². The molecule has 0 fully saturated rings. The zero-order valence-electron chi connectivity index (χ0n) is 9.43. The summed E-state index contributed by atoms with van der Waals surface area (Å²) in [5.74, 6) is 0.598. The Hall–Kier alpha value is -1.53. The third-order valence-electron chi connectivity index (χ3n) is 2.39. The number of thiocarbonyl (C=S) groups is 1. The zero-order chi connectivity index (χ0) is 13.0. The molecule has 0 aliphatic carbocycles. The lowest BCUT2D eigenvalue weighted by Crippen LogP contribution is -2.15. The number of halogens is 1. The molecule has 3 N–H and O–H groups in total. The molecule has 0 saturated carbocycles. The molecule has 0 aliphatic heterocycles. The van der Waals surface area contributed by atoms with Crippen LogP contribution in [0.5, 0.6) is 0 Å². The summed E-state index contributed by atoms with van der Waals surface area (Å²) in [5, 5.41) is 11.0. The van der Waals surface area contributed by atoms with Gasteiger partial charge in [-0.1, -0.05) is 46.3 Å². The van der Waals surface area contributed by atoms with Crippen LogP contribution in [0.1, 0.15) is 11.1 Å². The molecule has 0 atom stereocenters. The van der Waals surface area contributed by atoms with Crippen molar-refractivity contribution in [3.63, 3.8) is 0 Å².